The molecule has 0 aliphatic rings. The van der Waals surface area contributed by atoms with Crippen LogP contribution in [0.3, 0.4) is 0 Å². The second kappa shape index (κ2) is 15.6. The Balaban J connectivity index is 0.000000363. The molecule has 0 fully saturated rings. The summed E-state index contributed by atoms with van der Waals surface area (Å²) in [5.41, 5.74) is 2.82. The summed E-state index contributed by atoms with van der Waals surface area (Å²) in [6.07, 6.45) is 5.64. The van der Waals surface area contributed by atoms with Gasteiger partial charge in [-0.05, 0) is 24.5 Å². The van der Waals surface area contributed by atoms with Gasteiger partial charge in [-0.3, -0.25) is 0 Å². The van der Waals surface area contributed by atoms with E-state index in [2.05, 4.69) is 26.7 Å². The number of rotatable bonds is 6. The zero-order chi connectivity index (χ0) is 19.6. The first-order valence-corrected chi connectivity index (χ1v) is 8.72. The Morgan fingerprint density at radius 3 is 1.62 bits per heavy atom. The summed E-state index contributed by atoms with van der Waals surface area (Å²) in [5, 5.41) is 0. The molecule has 0 N–H and O–H groups in total. The summed E-state index contributed by atoms with van der Waals surface area (Å²) < 4.78 is 4.81. The highest BCUT2D eigenvalue weighted by molar-refractivity contribution is 5.86. The van der Waals surface area contributed by atoms with E-state index in [1.54, 1.807) is 6.92 Å². The molecule has 0 aliphatic carbocycles. The topological polar surface area (TPSA) is 26.3 Å². The molecule has 2 heteroatoms. The highest BCUT2D eigenvalue weighted by atomic mass is 16.5. The van der Waals surface area contributed by atoms with Gasteiger partial charge < -0.3 is 4.74 Å². The molecule has 0 aromatic heterocycles. The van der Waals surface area contributed by atoms with Crippen molar-refractivity contribution in [3.8, 4) is 0 Å². The molecule has 0 saturated carbocycles. The third-order valence-corrected chi connectivity index (χ3v) is 3.15. The number of hydrogen-bond donors (Lipinski definition) is 0. The van der Waals surface area contributed by atoms with Gasteiger partial charge >= 0.3 is 5.97 Å². The van der Waals surface area contributed by atoms with Crippen LogP contribution in [0.15, 0.2) is 86.0 Å². The summed E-state index contributed by atoms with van der Waals surface area (Å²) in [7, 11) is 0. The van der Waals surface area contributed by atoms with Crippen LogP contribution >= 0.6 is 0 Å². The summed E-state index contributed by atoms with van der Waals surface area (Å²) in [4.78, 5) is 10.7. The first-order valence-electron chi connectivity index (χ1n) is 8.72. The maximum Gasteiger partial charge on any atom is 0.333 e. The van der Waals surface area contributed by atoms with Crippen molar-refractivity contribution in [1.29, 1.82) is 0 Å². The summed E-state index contributed by atoms with van der Waals surface area (Å²) in [6.45, 7) is 14.9. The van der Waals surface area contributed by atoms with Crippen molar-refractivity contribution in [3.05, 3.63) is 97.1 Å². The Morgan fingerprint density at radius 2 is 1.35 bits per heavy atom. The lowest BCUT2D eigenvalue weighted by molar-refractivity contribution is -0.139. The van der Waals surface area contributed by atoms with E-state index in [1.165, 1.54) is 11.1 Å². The molecule has 0 radical (unpaired) electrons. The first kappa shape index (κ1) is 23.1. The van der Waals surface area contributed by atoms with Gasteiger partial charge in [-0.25, -0.2) is 4.79 Å². The van der Waals surface area contributed by atoms with Crippen LogP contribution in [0.2, 0.25) is 0 Å². The molecule has 0 aliphatic heterocycles. The summed E-state index contributed by atoms with van der Waals surface area (Å²) in [6, 6.07) is 20.1. The van der Waals surface area contributed by atoms with Gasteiger partial charge in [0.25, 0.3) is 0 Å². The minimum Gasteiger partial charge on any atom is -0.462 e. The van der Waals surface area contributed by atoms with Crippen LogP contribution in [0.25, 0.3) is 12.2 Å². The highest BCUT2D eigenvalue weighted by Crippen LogP contribution is 1.98. The molecule has 0 amide bonds. The van der Waals surface area contributed by atoms with Gasteiger partial charge in [0, 0.05) is 5.57 Å². The van der Waals surface area contributed by atoms with Crippen molar-refractivity contribution in [2.24, 2.45) is 0 Å². The fraction of sp³-hybridized carbons (Fsp3) is 0.208. The SMILES string of the molecule is C=C(C)C(=O)OCCCC.C=Cc1ccccc1.C=Cc1ccccc1. The van der Waals surface area contributed by atoms with E-state index in [9.17, 15) is 4.79 Å². The third kappa shape index (κ3) is 12.5. The molecule has 2 rings (SSSR count). The van der Waals surface area contributed by atoms with Crippen LogP contribution in [0.5, 0.6) is 0 Å². The Kier molecular flexibility index (Phi) is 13.9. The number of hydrogen-bond acceptors (Lipinski definition) is 2. The van der Waals surface area contributed by atoms with Crippen molar-refractivity contribution >= 4 is 18.1 Å². The normalized spacial score (nSPS) is 8.69. The van der Waals surface area contributed by atoms with Gasteiger partial charge in [0.2, 0.25) is 0 Å². The quantitative estimate of drug-likeness (QED) is 0.335. The second-order valence-electron chi connectivity index (χ2n) is 5.50. The van der Waals surface area contributed by atoms with E-state index >= 15 is 0 Å². The van der Waals surface area contributed by atoms with E-state index < -0.39 is 0 Å². The smallest absolute Gasteiger partial charge is 0.333 e. The lowest BCUT2D eigenvalue weighted by atomic mass is 10.2. The average molecular weight is 351 g/mol. The van der Waals surface area contributed by atoms with Crippen LogP contribution in [0.4, 0.5) is 0 Å². The number of esters is 1. The van der Waals surface area contributed by atoms with E-state index in [0.717, 1.165) is 12.8 Å². The molecule has 138 valence electrons. The molecular formula is C24H30O2. The molecule has 26 heavy (non-hydrogen) atoms. The lowest BCUT2D eigenvalue weighted by Crippen LogP contribution is -2.05. The fourth-order valence-electron chi connectivity index (χ4n) is 1.61. The molecular weight excluding hydrogens is 320 g/mol. The van der Waals surface area contributed by atoms with Gasteiger partial charge in [-0.1, -0.05) is 106 Å². The molecule has 0 bridgehead atoms. The standard InChI is InChI=1S/C8H14O2.2C8H8/c1-4-5-6-10-8(9)7(2)3;2*1-2-8-6-4-3-5-7-8/h2,4-6H2,1,3H3;2*2-7H,1H2. The molecule has 0 spiro atoms. The second-order valence-corrected chi connectivity index (χ2v) is 5.50. The molecule has 2 aromatic carbocycles. The van der Waals surface area contributed by atoms with Gasteiger partial charge in [0.15, 0.2) is 0 Å². The first-order chi connectivity index (χ1) is 12.5. The number of ether oxygens (including phenoxy) is 1. The minimum atomic E-state index is -0.284. The predicted octanol–water partition coefficient (Wildman–Crippen LogP) is 6.57. The zero-order valence-electron chi connectivity index (χ0n) is 16.0. The Bertz CT molecular complexity index is 599. The van der Waals surface area contributed by atoms with Crippen molar-refractivity contribution < 1.29 is 9.53 Å². The van der Waals surface area contributed by atoms with Crippen molar-refractivity contribution in [2.75, 3.05) is 6.61 Å². The molecule has 0 unspecified atom stereocenters. The highest BCUT2D eigenvalue weighted by Gasteiger charge is 2.00. The van der Waals surface area contributed by atoms with Gasteiger partial charge in [-0.2, -0.15) is 0 Å². The number of carbonyl (C=O) groups excluding carboxylic acids is 1. The maximum atomic E-state index is 10.7. The molecule has 0 atom stereocenters. The number of benzene rings is 2. The number of carbonyl (C=O) groups is 1. The maximum absolute atomic E-state index is 10.7. The van der Waals surface area contributed by atoms with Crippen LogP contribution in [0, 0.1) is 0 Å². The predicted molar refractivity (Wildman–Crippen MR) is 114 cm³/mol. The van der Waals surface area contributed by atoms with Crippen LogP contribution in [-0.2, 0) is 9.53 Å². The van der Waals surface area contributed by atoms with E-state index in [1.807, 2.05) is 72.8 Å². The summed E-state index contributed by atoms with van der Waals surface area (Å²) >= 11 is 0. The zero-order valence-corrected chi connectivity index (χ0v) is 16.0. The Hall–Kier alpha value is -2.87. The van der Waals surface area contributed by atoms with Crippen molar-refractivity contribution in [2.45, 2.75) is 26.7 Å². The van der Waals surface area contributed by atoms with Crippen LogP contribution in [0.1, 0.15) is 37.8 Å². The lowest BCUT2D eigenvalue weighted by Gasteiger charge is -2.01. The molecule has 2 aromatic rings. The van der Waals surface area contributed by atoms with Gasteiger partial charge in [0.1, 0.15) is 0 Å². The largest absolute Gasteiger partial charge is 0.462 e. The van der Waals surface area contributed by atoms with Crippen LogP contribution < -0.4 is 0 Å². The van der Waals surface area contributed by atoms with E-state index in [4.69, 9.17) is 4.74 Å². The van der Waals surface area contributed by atoms with Gasteiger partial charge in [-0.15, -0.1) is 0 Å². The molecule has 0 heterocycles. The monoisotopic (exact) mass is 350 g/mol. The van der Waals surface area contributed by atoms with E-state index in [-0.39, 0.29) is 5.97 Å². The Labute approximate surface area is 158 Å². The number of unbranched alkanes of at least 4 members (excludes halogenated alkanes) is 1. The minimum absolute atomic E-state index is 0.284. The van der Waals surface area contributed by atoms with Crippen molar-refractivity contribution in [1.82, 2.24) is 0 Å². The van der Waals surface area contributed by atoms with Crippen molar-refractivity contribution in [3.63, 3.8) is 0 Å². The fourth-order valence-corrected chi connectivity index (χ4v) is 1.61. The molecule has 0 saturated heterocycles. The average Bonchev–Trinajstić information content (AvgIpc) is 2.70. The van der Waals surface area contributed by atoms with E-state index in [0.29, 0.717) is 12.2 Å². The molecule has 2 nitrogen and oxygen atoms in total. The van der Waals surface area contributed by atoms with Crippen LogP contribution in [-0.4, -0.2) is 12.6 Å². The van der Waals surface area contributed by atoms with Gasteiger partial charge in [0.05, 0.1) is 6.61 Å². The third-order valence-electron chi connectivity index (χ3n) is 3.15. The Morgan fingerprint density at radius 1 is 0.923 bits per heavy atom. The summed E-state index contributed by atoms with van der Waals surface area (Å²) in [5.74, 6) is -0.284.